The first-order chi connectivity index (χ1) is 8.27. The summed E-state index contributed by atoms with van der Waals surface area (Å²) in [6, 6.07) is 0. The third-order valence-corrected chi connectivity index (χ3v) is 3.83. The van der Waals surface area contributed by atoms with Crippen molar-refractivity contribution in [2.75, 3.05) is 13.1 Å². The summed E-state index contributed by atoms with van der Waals surface area (Å²) < 4.78 is 0.622. The Bertz CT molecular complexity index is 142. The van der Waals surface area contributed by atoms with Crippen molar-refractivity contribution >= 4 is 25.2 Å². The van der Waals surface area contributed by atoms with Crippen LogP contribution in [0.3, 0.4) is 0 Å². The number of rotatable bonds is 13. The molecule has 2 atom stereocenters. The maximum atomic E-state index is 3.56. The molecule has 3 heteroatoms. The van der Waals surface area contributed by atoms with Gasteiger partial charge < -0.3 is 5.32 Å². The van der Waals surface area contributed by atoms with Crippen LogP contribution in [-0.2, 0) is 0 Å². The Balaban J connectivity index is 2.89. The van der Waals surface area contributed by atoms with E-state index in [-0.39, 0.29) is 0 Å². The van der Waals surface area contributed by atoms with Gasteiger partial charge in [-0.2, -0.15) is 0 Å². The van der Waals surface area contributed by atoms with Gasteiger partial charge in [-0.05, 0) is 32.4 Å². The normalized spacial score (nSPS) is 12.9. The Kier molecular flexibility index (Phi) is 15.7. The van der Waals surface area contributed by atoms with Gasteiger partial charge in [0.1, 0.15) is 0 Å². The highest BCUT2D eigenvalue weighted by atomic mass is 79.9. The monoisotopic (exact) mass is 323 g/mol. The van der Waals surface area contributed by atoms with Crippen LogP contribution in [0.1, 0.15) is 71.1 Å². The van der Waals surface area contributed by atoms with Gasteiger partial charge in [-0.25, -0.2) is 0 Å². The Morgan fingerprint density at radius 3 is 2.00 bits per heavy atom. The van der Waals surface area contributed by atoms with E-state index in [1.165, 1.54) is 77.3 Å². The average molecular weight is 324 g/mol. The summed E-state index contributed by atoms with van der Waals surface area (Å²) in [4.78, 5) is 0. The fourth-order valence-electron chi connectivity index (χ4n) is 1.90. The van der Waals surface area contributed by atoms with Crippen molar-refractivity contribution < 1.29 is 0 Å². The van der Waals surface area contributed by atoms with Crippen LogP contribution in [0.2, 0.25) is 0 Å². The van der Waals surface area contributed by atoms with Gasteiger partial charge in [0, 0.05) is 4.57 Å². The molecule has 0 fully saturated rings. The largest absolute Gasteiger partial charge is 0.317 e. The highest BCUT2D eigenvalue weighted by Gasteiger charge is 1.96. The van der Waals surface area contributed by atoms with Gasteiger partial charge in [0.2, 0.25) is 0 Å². The molecule has 0 aliphatic heterocycles. The van der Waals surface area contributed by atoms with Crippen LogP contribution in [0.4, 0.5) is 0 Å². The summed E-state index contributed by atoms with van der Waals surface area (Å²) in [6.45, 7) is 4.67. The Hall–Kier alpha value is 0.870. The molecule has 0 aromatic carbocycles. The zero-order valence-electron chi connectivity index (χ0n) is 11.5. The molecule has 0 aromatic heterocycles. The Labute approximate surface area is 119 Å². The molecule has 0 radical (unpaired) electrons. The standard InChI is InChI=1S/C14H31BrNP/c1-2-3-12-16-13-10-8-6-4-5-7-9-11-14(15)17/h14,16H,2-13,17H2,1H3. The molecule has 0 aromatic rings. The molecule has 104 valence electrons. The second kappa shape index (κ2) is 14.9. The van der Waals surface area contributed by atoms with E-state index in [2.05, 4.69) is 37.4 Å². The van der Waals surface area contributed by atoms with Crippen LogP contribution in [-0.4, -0.2) is 17.7 Å². The minimum absolute atomic E-state index is 0.622. The maximum absolute atomic E-state index is 3.56. The fourth-order valence-corrected chi connectivity index (χ4v) is 2.46. The average Bonchev–Trinajstić information content (AvgIpc) is 2.30. The zero-order chi connectivity index (χ0) is 12.8. The fraction of sp³-hybridized carbons (Fsp3) is 1.00. The van der Waals surface area contributed by atoms with Crippen LogP contribution >= 0.6 is 25.2 Å². The molecule has 0 spiro atoms. The van der Waals surface area contributed by atoms with Gasteiger partial charge >= 0.3 is 0 Å². The van der Waals surface area contributed by atoms with E-state index in [0.29, 0.717) is 4.57 Å². The molecule has 0 saturated carbocycles. The molecule has 17 heavy (non-hydrogen) atoms. The van der Waals surface area contributed by atoms with E-state index in [9.17, 15) is 0 Å². The molecule has 0 amide bonds. The third kappa shape index (κ3) is 16.9. The highest BCUT2D eigenvalue weighted by molar-refractivity contribution is 9.10. The van der Waals surface area contributed by atoms with Gasteiger partial charge in [0.05, 0.1) is 0 Å². The van der Waals surface area contributed by atoms with Crippen molar-refractivity contribution in [2.24, 2.45) is 0 Å². The van der Waals surface area contributed by atoms with Gasteiger partial charge in [-0.3, -0.25) is 0 Å². The predicted octanol–water partition coefficient (Wildman–Crippen LogP) is 5.09. The van der Waals surface area contributed by atoms with E-state index < -0.39 is 0 Å². The van der Waals surface area contributed by atoms with E-state index in [4.69, 9.17) is 0 Å². The van der Waals surface area contributed by atoms with Crippen molar-refractivity contribution in [3.05, 3.63) is 0 Å². The number of halogens is 1. The maximum Gasteiger partial charge on any atom is 0.0288 e. The lowest BCUT2D eigenvalue weighted by molar-refractivity contribution is 0.549. The Morgan fingerprint density at radius 1 is 0.882 bits per heavy atom. The SMILES string of the molecule is CCCCNCCCCCCCCCC(P)Br. The number of unbranched alkanes of at least 4 members (excludes halogenated alkanes) is 7. The van der Waals surface area contributed by atoms with Crippen molar-refractivity contribution in [3.63, 3.8) is 0 Å². The molecule has 0 saturated heterocycles. The summed E-state index contributed by atoms with van der Waals surface area (Å²) in [5, 5.41) is 3.50. The molecule has 0 aliphatic carbocycles. The van der Waals surface area contributed by atoms with Gasteiger partial charge in [0.15, 0.2) is 0 Å². The van der Waals surface area contributed by atoms with Crippen molar-refractivity contribution in [2.45, 2.75) is 75.7 Å². The number of nitrogens with one attached hydrogen (secondary N) is 1. The summed E-state index contributed by atoms with van der Waals surface area (Å²) >= 11 is 3.56. The molecule has 2 unspecified atom stereocenters. The second-order valence-corrected chi connectivity index (χ2v) is 7.84. The number of hydrogen-bond acceptors (Lipinski definition) is 1. The van der Waals surface area contributed by atoms with Crippen molar-refractivity contribution in [1.82, 2.24) is 5.32 Å². The highest BCUT2D eigenvalue weighted by Crippen LogP contribution is 2.17. The van der Waals surface area contributed by atoms with E-state index in [1.807, 2.05) is 0 Å². The molecule has 0 aliphatic rings. The summed E-state index contributed by atoms with van der Waals surface area (Å²) in [5.41, 5.74) is 0. The second-order valence-electron chi connectivity index (χ2n) is 4.88. The van der Waals surface area contributed by atoms with Crippen LogP contribution in [0.5, 0.6) is 0 Å². The minimum Gasteiger partial charge on any atom is -0.317 e. The first-order valence-corrected chi connectivity index (χ1v) is 8.96. The third-order valence-electron chi connectivity index (χ3n) is 3.04. The Morgan fingerprint density at radius 2 is 1.41 bits per heavy atom. The van der Waals surface area contributed by atoms with Crippen LogP contribution in [0, 0.1) is 0 Å². The van der Waals surface area contributed by atoms with Crippen molar-refractivity contribution in [1.29, 1.82) is 0 Å². The van der Waals surface area contributed by atoms with Crippen LogP contribution < -0.4 is 5.32 Å². The van der Waals surface area contributed by atoms with E-state index in [1.54, 1.807) is 0 Å². The molecule has 1 N–H and O–H groups in total. The van der Waals surface area contributed by atoms with Crippen LogP contribution in [0.25, 0.3) is 0 Å². The quantitative estimate of drug-likeness (QED) is 0.283. The summed E-state index contributed by atoms with van der Waals surface area (Å²) in [7, 11) is 2.81. The first kappa shape index (κ1) is 17.9. The predicted molar refractivity (Wildman–Crippen MR) is 87.1 cm³/mol. The first-order valence-electron chi connectivity index (χ1n) is 7.37. The van der Waals surface area contributed by atoms with Gasteiger partial charge in [0.25, 0.3) is 0 Å². The minimum atomic E-state index is 0.622. The lowest BCUT2D eigenvalue weighted by Crippen LogP contribution is -2.16. The van der Waals surface area contributed by atoms with E-state index >= 15 is 0 Å². The van der Waals surface area contributed by atoms with Gasteiger partial charge in [-0.15, -0.1) is 9.24 Å². The molecule has 0 heterocycles. The zero-order valence-corrected chi connectivity index (χ0v) is 14.3. The molecule has 0 bridgehead atoms. The lowest BCUT2D eigenvalue weighted by Gasteiger charge is -2.04. The van der Waals surface area contributed by atoms with Crippen LogP contribution in [0.15, 0.2) is 0 Å². The van der Waals surface area contributed by atoms with Crippen molar-refractivity contribution in [3.8, 4) is 0 Å². The molecule has 0 rings (SSSR count). The topological polar surface area (TPSA) is 12.0 Å². The van der Waals surface area contributed by atoms with Gasteiger partial charge in [-0.1, -0.05) is 67.8 Å². The summed E-state index contributed by atoms with van der Waals surface area (Å²) in [5.74, 6) is 0. The smallest absolute Gasteiger partial charge is 0.0288 e. The lowest BCUT2D eigenvalue weighted by atomic mass is 10.1. The molecular formula is C14H31BrNP. The molecular weight excluding hydrogens is 293 g/mol. The number of alkyl halides is 1. The summed E-state index contributed by atoms with van der Waals surface area (Å²) in [6.07, 6.45) is 13.8. The molecule has 1 nitrogen and oxygen atoms in total. The van der Waals surface area contributed by atoms with E-state index in [0.717, 1.165) is 0 Å². The number of hydrogen-bond donors (Lipinski definition) is 1.